The first kappa shape index (κ1) is 14.3. The molecule has 0 bridgehead atoms. The van der Waals surface area contributed by atoms with Crippen LogP contribution < -0.4 is 5.56 Å². The van der Waals surface area contributed by atoms with Crippen LogP contribution in [0, 0.1) is 13.8 Å². The van der Waals surface area contributed by atoms with E-state index in [9.17, 15) is 9.90 Å². The van der Waals surface area contributed by atoms with Crippen LogP contribution in [-0.4, -0.2) is 31.3 Å². The van der Waals surface area contributed by atoms with Crippen LogP contribution >= 0.6 is 0 Å². The molecular formula is C16H18N4O2. The number of benzene rings is 1. The molecule has 22 heavy (non-hydrogen) atoms. The van der Waals surface area contributed by atoms with Crippen molar-refractivity contribution in [1.82, 2.24) is 19.6 Å². The van der Waals surface area contributed by atoms with Crippen molar-refractivity contribution in [3.63, 3.8) is 0 Å². The third-order valence-electron chi connectivity index (χ3n) is 3.56. The van der Waals surface area contributed by atoms with Crippen LogP contribution in [0.25, 0.3) is 16.9 Å². The van der Waals surface area contributed by atoms with Crippen molar-refractivity contribution < 1.29 is 5.11 Å². The Kier molecular flexibility index (Phi) is 3.68. The lowest BCUT2D eigenvalue weighted by Gasteiger charge is -2.03. The lowest BCUT2D eigenvalue weighted by Crippen LogP contribution is -2.17. The van der Waals surface area contributed by atoms with Crippen molar-refractivity contribution in [2.45, 2.75) is 20.4 Å². The highest BCUT2D eigenvalue weighted by Crippen LogP contribution is 2.21. The average molecular weight is 298 g/mol. The third kappa shape index (κ3) is 2.37. The Morgan fingerprint density at radius 3 is 2.64 bits per heavy atom. The van der Waals surface area contributed by atoms with Gasteiger partial charge in [-0.3, -0.25) is 14.6 Å². The summed E-state index contributed by atoms with van der Waals surface area (Å²) in [7, 11) is 0. The Morgan fingerprint density at radius 2 is 1.95 bits per heavy atom. The van der Waals surface area contributed by atoms with Gasteiger partial charge in [0, 0.05) is 5.69 Å². The number of H-pyrrole nitrogens is 1. The van der Waals surface area contributed by atoms with Gasteiger partial charge >= 0.3 is 0 Å². The number of aliphatic hydroxyl groups is 1. The minimum atomic E-state index is -0.122. The molecule has 114 valence electrons. The SMILES string of the molecule is Cc1cc(-c2c(C)[nH]n(-c3ccccc3)c2=O)n(CCO)n1. The standard InChI is InChI=1S/C16H18N4O2/c1-11-10-14(19(17-11)8-9-21)15-12(2)18-20(16(15)22)13-6-4-3-5-7-13/h3-7,10,18,21H,8-9H2,1-2H3. The summed E-state index contributed by atoms with van der Waals surface area (Å²) in [5.74, 6) is 0. The van der Waals surface area contributed by atoms with Crippen molar-refractivity contribution in [2.24, 2.45) is 0 Å². The van der Waals surface area contributed by atoms with Gasteiger partial charge < -0.3 is 5.11 Å². The number of nitrogens with zero attached hydrogens (tertiary/aromatic N) is 3. The fourth-order valence-electron chi connectivity index (χ4n) is 2.62. The van der Waals surface area contributed by atoms with Crippen molar-refractivity contribution >= 4 is 0 Å². The van der Waals surface area contributed by atoms with Gasteiger partial charge in [-0.2, -0.15) is 5.10 Å². The molecule has 6 heteroatoms. The second-order valence-electron chi connectivity index (χ2n) is 5.21. The number of aryl methyl sites for hydroxylation is 2. The number of aromatic amines is 1. The average Bonchev–Trinajstić information content (AvgIpc) is 3.00. The van der Waals surface area contributed by atoms with Gasteiger partial charge in [0.1, 0.15) is 0 Å². The lowest BCUT2D eigenvalue weighted by atomic mass is 10.2. The molecule has 0 spiro atoms. The summed E-state index contributed by atoms with van der Waals surface area (Å²) in [4.78, 5) is 12.8. The van der Waals surface area contributed by atoms with Crippen LogP contribution in [0.1, 0.15) is 11.4 Å². The number of hydrogen-bond acceptors (Lipinski definition) is 3. The topological polar surface area (TPSA) is 75.8 Å². The van der Waals surface area contributed by atoms with E-state index in [-0.39, 0.29) is 12.2 Å². The summed E-state index contributed by atoms with van der Waals surface area (Å²) < 4.78 is 3.19. The monoisotopic (exact) mass is 298 g/mol. The lowest BCUT2D eigenvalue weighted by molar-refractivity contribution is 0.270. The van der Waals surface area contributed by atoms with Gasteiger partial charge in [0.2, 0.25) is 0 Å². The second-order valence-corrected chi connectivity index (χ2v) is 5.21. The van der Waals surface area contributed by atoms with E-state index in [0.717, 1.165) is 22.8 Å². The van der Waals surface area contributed by atoms with Crippen molar-refractivity contribution in [1.29, 1.82) is 0 Å². The van der Waals surface area contributed by atoms with Crippen molar-refractivity contribution in [3.8, 4) is 16.9 Å². The fourth-order valence-corrected chi connectivity index (χ4v) is 2.62. The van der Waals surface area contributed by atoms with E-state index in [1.165, 1.54) is 4.68 Å². The van der Waals surface area contributed by atoms with Gasteiger partial charge in [0.05, 0.1) is 35.8 Å². The Labute approximate surface area is 127 Å². The first-order valence-electron chi connectivity index (χ1n) is 7.14. The highest BCUT2D eigenvalue weighted by Gasteiger charge is 2.18. The zero-order valence-corrected chi connectivity index (χ0v) is 12.6. The second kappa shape index (κ2) is 5.65. The van der Waals surface area contributed by atoms with Crippen LogP contribution in [0.4, 0.5) is 0 Å². The van der Waals surface area contributed by atoms with Gasteiger partial charge in [0.15, 0.2) is 0 Å². The summed E-state index contributed by atoms with van der Waals surface area (Å²) in [6.45, 7) is 4.07. The van der Waals surface area contributed by atoms with E-state index in [2.05, 4.69) is 10.2 Å². The Balaban J connectivity index is 2.18. The molecule has 0 aliphatic heterocycles. The van der Waals surface area contributed by atoms with Crippen LogP contribution in [0.5, 0.6) is 0 Å². The summed E-state index contributed by atoms with van der Waals surface area (Å²) in [6.07, 6.45) is 0. The molecule has 0 radical (unpaired) electrons. The van der Waals surface area contributed by atoms with E-state index >= 15 is 0 Å². The molecule has 0 fully saturated rings. The summed E-state index contributed by atoms with van der Waals surface area (Å²) >= 11 is 0. The van der Waals surface area contributed by atoms with Gasteiger partial charge in [-0.25, -0.2) is 4.68 Å². The quantitative estimate of drug-likeness (QED) is 0.769. The minimum Gasteiger partial charge on any atom is -0.394 e. The first-order valence-corrected chi connectivity index (χ1v) is 7.14. The Morgan fingerprint density at radius 1 is 1.23 bits per heavy atom. The number of aromatic nitrogens is 4. The molecule has 3 aromatic rings. The van der Waals surface area contributed by atoms with Gasteiger partial charge in [-0.15, -0.1) is 0 Å². The van der Waals surface area contributed by atoms with E-state index in [1.54, 1.807) is 4.68 Å². The van der Waals surface area contributed by atoms with Crippen LogP contribution in [-0.2, 0) is 6.54 Å². The van der Waals surface area contributed by atoms with Crippen LogP contribution in [0.2, 0.25) is 0 Å². The fraction of sp³-hybridized carbons (Fsp3) is 0.250. The number of hydrogen-bond donors (Lipinski definition) is 2. The molecule has 0 unspecified atom stereocenters. The number of rotatable bonds is 4. The van der Waals surface area contributed by atoms with E-state index in [1.807, 2.05) is 50.2 Å². The summed E-state index contributed by atoms with van der Waals surface area (Å²) in [5, 5.41) is 16.6. The summed E-state index contributed by atoms with van der Waals surface area (Å²) in [5.41, 5.74) is 3.55. The molecule has 2 N–H and O–H groups in total. The zero-order chi connectivity index (χ0) is 15.7. The smallest absolute Gasteiger partial charge is 0.280 e. The van der Waals surface area contributed by atoms with E-state index < -0.39 is 0 Å². The van der Waals surface area contributed by atoms with Crippen molar-refractivity contribution in [2.75, 3.05) is 6.61 Å². The molecule has 0 amide bonds. The maximum atomic E-state index is 12.8. The largest absolute Gasteiger partial charge is 0.394 e. The van der Waals surface area contributed by atoms with E-state index in [4.69, 9.17) is 0 Å². The number of para-hydroxylation sites is 1. The molecule has 0 atom stereocenters. The minimum absolute atomic E-state index is 0.0233. The molecular weight excluding hydrogens is 280 g/mol. The number of aliphatic hydroxyl groups excluding tert-OH is 1. The predicted octanol–water partition coefficient (Wildman–Crippen LogP) is 1.64. The molecule has 0 saturated carbocycles. The summed E-state index contributed by atoms with van der Waals surface area (Å²) in [6, 6.07) is 11.3. The highest BCUT2D eigenvalue weighted by molar-refractivity contribution is 5.62. The van der Waals surface area contributed by atoms with Crippen LogP contribution in [0.15, 0.2) is 41.2 Å². The highest BCUT2D eigenvalue weighted by atomic mass is 16.3. The maximum absolute atomic E-state index is 12.8. The molecule has 2 aromatic heterocycles. The molecule has 0 aliphatic rings. The van der Waals surface area contributed by atoms with Gasteiger partial charge in [-0.1, -0.05) is 18.2 Å². The normalized spacial score (nSPS) is 11.0. The molecule has 1 aromatic carbocycles. The van der Waals surface area contributed by atoms with Crippen LogP contribution in [0.3, 0.4) is 0 Å². The molecule has 3 rings (SSSR count). The molecule has 0 saturated heterocycles. The molecule has 2 heterocycles. The van der Waals surface area contributed by atoms with Gasteiger partial charge in [-0.05, 0) is 32.0 Å². The predicted molar refractivity (Wildman–Crippen MR) is 84.2 cm³/mol. The van der Waals surface area contributed by atoms with Gasteiger partial charge in [0.25, 0.3) is 5.56 Å². The van der Waals surface area contributed by atoms with Crippen molar-refractivity contribution in [3.05, 3.63) is 58.1 Å². The Bertz CT molecular complexity index is 843. The third-order valence-corrected chi connectivity index (χ3v) is 3.56. The molecule has 0 aliphatic carbocycles. The maximum Gasteiger partial charge on any atom is 0.280 e. The number of nitrogens with one attached hydrogen (secondary N) is 1. The van der Waals surface area contributed by atoms with E-state index in [0.29, 0.717) is 12.1 Å². The first-order chi connectivity index (χ1) is 10.6. The molecule has 6 nitrogen and oxygen atoms in total. The Hall–Kier alpha value is -2.60. The zero-order valence-electron chi connectivity index (χ0n) is 12.6.